The smallest absolute Gasteiger partial charge is 0.166 e. The molecule has 0 atom stereocenters. The van der Waals surface area contributed by atoms with Crippen molar-refractivity contribution in [1.29, 1.82) is 0 Å². The van der Waals surface area contributed by atoms with E-state index in [1.165, 1.54) is 0 Å². The molecule has 2 aromatic rings. The maximum Gasteiger partial charge on any atom is 0.166 e. The van der Waals surface area contributed by atoms with Crippen LogP contribution in [0.3, 0.4) is 0 Å². The Bertz CT molecular complexity index is 532. The predicted molar refractivity (Wildman–Crippen MR) is 74.8 cm³/mol. The summed E-state index contributed by atoms with van der Waals surface area (Å²) in [5, 5.41) is 0. The van der Waals surface area contributed by atoms with Gasteiger partial charge in [0.2, 0.25) is 0 Å². The van der Waals surface area contributed by atoms with Crippen LogP contribution < -0.4 is 10.5 Å². The molecule has 5 heteroatoms. The zero-order chi connectivity index (χ0) is 12.3. The molecule has 0 aliphatic rings. The third-order valence-corrected chi connectivity index (χ3v) is 3.40. The monoisotopic (exact) mass is 356 g/mol. The molecule has 1 aromatic heterocycles. The average molecular weight is 358 g/mol. The Morgan fingerprint density at radius 3 is 2.76 bits per heavy atom. The highest BCUT2D eigenvalue weighted by Crippen LogP contribution is 2.25. The Hall–Kier alpha value is -1.07. The molecule has 0 bridgehead atoms. The molecular formula is C12H10Br2N2O. The molecule has 0 radical (unpaired) electrons. The van der Waals surface area contributed by atoms with Crippen molar-refractivity contribution < 1.29 is 4.74 Å². The fraction of sp³-hybridized carbons (Fsp3) is 0.0833. The fourth-order valence-corrected chi connectivity index (χ4v) is 2.03. The lowest BCUT2D eigenvalue weighted by Gasteiger charge is -2.09. The second-order valence-electron chi connectivity index (χ2n) is 3.42. The molecule has 0 spiro atoms. The third kappa shape index (κ3) is 3.20. The van der Waals surface area contributed by atoms with Crippen molar-refractivity contribution in [2.45, 2.75) is 6.61 Å². The van der Waals surface area contributed by atoms with Gasteiger partial charge in [-0.25, -0.2) is 4.98 Å². The van der Waals surface area contributed by atoms with Gasteiger partial charge in [0, 0.05) is 20.7 Å². The van der Waals surface area contributed by atoms with Gasteiger partial charge in [-0.3, -0.25) is 0 Å². The molecule has 2 rings (SSSR count). The van der Waals surface area contributed by atoms with E-state index in [1.54, 1.807) is 12.3 Å². The minimum absolute atomic E-state index is 0.389. The SMILES string of the molecule is Nc1ncc(Br)cc1OCc1ccccc1Br. The summed E-state index contributed by atoms with van der Waals surface area (Å²) in [4.78, 5) is 4.01. The lowest BCUT2D eigenvalue weighted by molar-refractivity contribution is 0.306. The topological polar surface area (TPSA) is 48.1 Å². The summed E-state index contributed by atoms with van der Waals surface area (Å²) in [5.41, 5.74) is 6.78. The molecule has 0 amide bonds. The Kier molecular flexibility index (Phi) is 4.02. The molecule has 0 aliphatic carbocycles. The molecule has 17 heavy (non-hydrogen) atoms. The van der Waals surface area contributed by atoms with Gasteiger partial charge in [0.15, 0.2) is 11.6 Å². The number of anilines is 1. The summed E-state index contributed by atoms with van der Waals surface area (Å²) in [5.74, 6) is 0.968. The number of hydrogen-bond donors (Lipinski definition) is 1. The molecule has 1 heterocycles. The second kappa shape index (κ2) is 5.51. The van der Waals surface area contributed by atoms with E-state index >= 15 is 0 Å². The number of ether oxygens (including phenoxy) is 1. The van der Waals surface area contributed by atoms with E-state index in [0.717, 1.165) is 14.5 Å². The van der Waals surface area contributed by atoms with Crippen molar-refractivity contribution >= 4 is 37.7 Å². The number of nitrogens with zero attached hydrogens (tertiary/aromatic N) is 1. The largest absolute Gasteiger partial charge is 0.485 e. The van der Waals surface area contributed by atoms with Crippen LogP contribution in [0.15, 0.2) is 45.5 Å². The van der Waals surface area contributed by atoms with Crippen molar-refractivity contribution in [3.05, 3.63) is 51.0 Å². The Labute approximate surface area is 116 Å². The van der Waals surface area contributed by atoms with Crippen LogP contribution in [-0.2, 0) is 6.61 Å². The standard InChI is InChI=1S/C12H10Br2N2O/c13-9-5-11(12(15)16-6-9)17-7-8-3-1-2-4-10(8)14/h1-6H,7H2,(H2,15,16). The minimum Gasteiger partial charge on any atom is -0.485 e. The highest BCUT2D eigenvalue weighted by molar-refractivity contribution is 9.10. The molecule has 0 unspecified atom stereocenters. The number of rotatable bonds is 3. The number of benzene rings is 1. The Morgan fingerprint density at radius 2 is 2.00 bits per heavy atom. The summed E-state index contributed by atoms with van der Waals surface area (Å²) in [6, 6.07) is 9.70. The van der Waals surface area contributed by atoms with E-state index in [-0.39, 0.29) is 0 Å². The molecular weight excluding hydrogens is 348 g/mol. The van der Waals surface area contributed by atoms with Crippen LogP contribution in [-0.4, -0.2) is 4.98 Å². The van der Waals surface area contributed by atoms with E-state index in [0.29, 0.717) is 18.2 Å². The lowest BCUT2D eigenvalue weighted by Crippen LogP contribution is -2.00. The first-order valence-electron chi connectivity index (χ1n) is 4.94. The quantitative estimate of drug-likeness (QED) is 0.909. The van der Waals surface area contributed by atoms with Crippen LogP contribution in [0.25, 0.3) is 0 Å². The maximum absolute atomic E-state index is 5.72. The summed E-state index contributed by atoms with van der Waals surface area (Å²) in [6.07, 6.45) is 1.64. The Morgan fingerprint density at radius 1 is 1.24 bits per heavy atom. The summed E-state index contributed by atoms with van der Waals surface area (Å²) in [7, 11) is 0. The number of aromatic nitrogens is 1. The van der Waals surface area contributed by atoms with Gasteiger partial charge < -0.3 is 10.5 Å². The summed E-state index contributed by atoms with van der Waals surface area (Å²) >= 11 is 6.80. The van der Waals surface area contributed by atoms with E-state index in [1.807, 2.05) is 24.3 Å². The highest BCUT2D eigenvalue weighted by Gasteiger charge is 2.04. The molecule has 2 N–H and O–H groups in total. The Balaban J connectivity index is 2.12. The van der Waals surface area contributed by atoms with Gasteiger partial charge in [-0.1, -0.05) is 34.1 Å². The zero-order valence-corrected chi connectivity index (χ0v) is 12.0. The lowest BCUT2D eigenvalue weighted by atomic mass is 10.2. The number of halogens is 2. The summed E-state index contributed by atoms with van der Waals surface area (Å²) in [6.45, 7) is 0.448. The highest BCUT2D eigenvalue weighted by atomic mass is 79.9. The van der Waals surface area contributed by atoms with Crippen LogP contribution in [0.4, 0.5) is 5.82 Å². The normalized spacial score (nSPS) is 10.2. The van der Waals surface area contributed by atoms with Gasteiger partial charge in [0.05, 0.1) is 0 Å². The molecule has 0 aliphatic heterocycles. The molecule has 1 aromatic carbocycles. The average Bonchev–Trinajstić information content (AvgIpc) is 2.32. The molecule has 3 nitrogen and oxygen atoms in total. The van der Waals surface area contributed by atoms with Crippen molar-refractivity contribution in [2.75, 3.05) is 5.73 Å². The fourth-order valence-electron chi connectivity index (χ4n) is 1.32. The van der Waals surface area contributed by atoms with Crippen LogP contribution >= 0.6 is 31.9 Å². The van der Waals surface area contributed by atoms with E-state index in [9.17, 15) is 0 Å². The minimum atomic E-state index is 0.389. The van der Waals surface area contributed by atoms with Crippen molar-refractivity contribution in [3.63, 3.8) is 0 Å². The van der Waals surface area contributed by atoms with Gasteiger partial charge in [-0.15, -0.1) is 0 Å². The second-order valence-corrected chi connectivity index (χ2v) is 5.19. The number of nitrogens with two attached hydrogens (primary N) is 1. The van der Waals surface area contributed by atoms with Crippen molar-refractivity contribution in [2.24, 2.45) is 0 Å². The van der Waals surface area contributed by atoms with Crippen molar-refractivity contribution in [1.82, 2.24) is 4.98 Å². The van der Waals surface area contributed by atoms with Gasteiger partial charge in [0.25, 0.3) is 0 Å². The molecule has 88 valence electrons. The van der Waals surface area contributed by atoms with E-state index in [2.05, 4.69) is 36.8 Å². The van der Waals surface area contributed by atoms with Crippen molar-refractivity contribution in [3.8, 4) is 5.75 Å². The van der Waals surface area contributed by atoms with Gasteiger partial charge in [0.1, 0.15) is 6.61 Å². The maximum atomic E-state index is 5.72. The first-order chi connectivity index (χ1) is 8.16. The number of hydrogen-bond acceptors (Lipinski definition) is 3. The molecule has 0 saturated carbocycles. The predicted octanol–water partition coefficient (Wildman–Crippen LogP) is 3.77. The van der Waals surface area contributed by atoms with Gasteiger partial charge in [-0.05, 0) is 28.1 Å². The third-order valence-electron chi connectivity index (χ3n) is 2.19. The molecule has 0 fully saturated rings. The number of nitrogen functional groups attached to an aromatic ring is 1. The molecule has 0 saturated heterocycles. The van der Waals surface area contributed by atoms with Crippen LogP contribution in [0, 0.1) is 0 Å². The first kappa shape index (κ1) is 12.4. The van der Waals surface area contributed by atoms with Crippen LogP contribution in [0.2, 0.25) is 0 Å². The zero-order valence-electron chi connectivity index (χ0n) is 8.86. The van der Waals surface area contributed by atoms with E-state index < -0.39 is 0 Å². The van der Waals surface area contributed by atoms with E-state index in [4.69, 9.17) is 10.5 Å². The van der Waals surface area contributed by atoms with Gasteiger partial charge >= 0.3 is 0 Å². The number of pyridine rings is 1. The van der Waals surface area contributed by atoms with Crippen LogP contribution in [0.5, 0.6) is 5.75 Å². The first-order valence-corrected chi connectivity index (χ1v) is 6.52. The summed E-state index contributed by atoms with van der Waals surface area (Å²) < 4.78 is 7.49. The van der Waals surface area contributed by atoms with Gasteiger partial charge in [-0.2, -0.15) is 0 Å². The van der Waals surface area contributed by atoms with Crippen LogP contribution in [0.1, 0.15) is 5.56 Å².